The molecule has 0 bridgehead atoms. The molecule has 0 radical (unpaired) electrons. The first kappa shape index (κ1) is 35.4. The average molecular weight is 802 g/mol. The molecule has 10 aromatic carbocycles. The fourth-order valence-corrected chi connectivity index (χ4v) is 10.2. The summed E-state index contributed by atoms with van der Waals surface area (Å²) in [5, 5.41) is 7.53. The van der Waals surface area contributed by atoms with Crippen LogP contribution < -0.4 is 4.90 Å². The topological polar surface area (TPSA) is 12.6 Å². The number of hydrogen-bond donors (Lipinski definition) is 0. The average Bonchev–Trinajstić information content (AvgIpc) is 4.00. The smallest absolute Gasteiger partial charge is 0.0641 e. The van der Waals surface area contributed by atoms with Crippen molar-refractivity contribution in [1.82, 2.24) is 8.97 Å². The molecule has 294 valence electrons. The molecule has 0 saturated heterocycles. The predicted molar refractivity (Wildman–Crippen MR) is 266 cm³/mol. The van der Waals surface area contributed by atoms with E-state index in [0.717, 1.165) is 22.7 Å². The fourth-order valence-electron chi connectivity index (χ4n) is 10.2. The normalized spacial score (nSPS) is 11.8. The van der Waals surface area contributed by atoms with E-state index < -0.39 is 0 Å². The Balaban J connectivity index is 1.05. The van der Waals surface area contributed by atoms with Gasteiger partial charge in [-0.1, -0.05) is 164 Å². The maximum Gasteiger partial charge on any atom is 0.0641 e. The molecule has 0 saturated carbocycles. The zero-order valence-corrected chi connectivity index (χ0v) is 34.4. The van der Waals surface area contributed by atoms with E-state index in [1.165, 1.54) is 93.3 Å². The van der Waals surface area contributed by atoms with Crippen LogP contribution >= 0.6 is 0 Å². The van der Waals surface area contributed by atoms with Crippen LogP contribution in [0.3, 0.4) is 0 Å². The second kappa shape index (κ2) is 14.1. The minimum absolute atomic E-state index is 1.09. The van der Waals surface area contributed by atoms with Crippen LogP contribution in [0.25, 0.3) is 99.0 Å². The molecule has 13 aromatic rings. The molecular weight excluding hydrogens is 763 g/mol. The van der Waals surface area contributed by atoms with Gasteiger partial charge >= 0.3 is 0 Å². The minimum Gasteiger partial charge on any atom is -0.310 e. The van der Waals surface area contributed by atoms with E-state index in [9.17, 15) is 0 Å². The van der Waals surface area contributed by atoms with Gasteiger partial charge in [-0.3, -0.25) is 0 Å². The number of anilines is 3. The van der Waals surface area contributed by atoms with Crippen LogP contribution in [0.1, 0.15) is 0 Å². The van der Waals surface area contributed by atoms with Gasteiger partial charge in [-0.25, -0.2) is 0 Å². The number of hydrogen-bond acceptors (Lipinski definition) is 1. The second-order valence-corrected chi connectivity index (χ2v) is 16.5. The van der Waals surface area contributed by atoms with Crippen LogP contribution in [0.2, 0.25) is 0 Å². The van der Waals surface area contributed by atoms with Gasteiger partial charge in [0.25, 0.3) is 0 Å². The van der Waals surface area contributed by atoms with Crippen molar-refractivity contribution in [3.8, 4) is 39.1 Å². The minimum atomic E-state index is 1.09. The van der Waals surface area contributed by atoms with E-state index >= 15 is 0 Å². The molecule has 63 heavy (non-hydrogen) atoms. The van der Waals surface area contributed by atoms with E-state index in [-0.39, 0.29) is 0 Å². The molecule has 3 aromatic heterocycles. The van der Waals surface area contributed by atoms with Crippen LogP contribution in [-0.2, 0) is 0 Å². The van der Waals surface area contributed by atoms with Gasteiger partial charge in [0, 0.05) is 49.4 Å². The Morgan fingerprint density at radius 1 is 0.286 bits per heavy atom. The van der Waals surface area contributed by atoms with Crippen molar-refractivity contribution < 1.29 is 0 Å². The number of fused-ring (bicyclic) bond motifs is 9. The van der Waals surface area contributed by atoms with E-state index in [4.69, 9.17) is 0 Å². The van der Waals surface area contributed by atoms with E-state index in [2.05, 4.69) is 250 Å². The van der Waals surface area contributed by atoms with Crippen molar-refractivity contribution in [1.29, 1.82) is 0 Å². The summed E-state index contributed by atoms with van der Waals surface area (Å²) in [6, 6.07) is 86.5. The standard InChI is InChI=1S/C60H39N3/c1-4-16-40(17-5-1)44-36-45(41-18-6-2-7-19-41)38-48(37-44)61(57-35-34-52-50-23-11-14-26-55(50)63-56-27-15-12-24-53(56)59(57)60(52)63)47-31-28-42(29-32-47)43-30-33-51-49-22-10-13-25-54(49)62(58(51)39-43)46-20-8-3-9-21-46/h1-39H. The van der Waals surface area contributed by atoms with Gasteiger partial charge in [-0.05, 0) is 106 Å². The Hall–Kier alpha value is -8.40. The highest BCUT2D eigenvalue weighted by atomic mass is 15.1. The van der Waals surface area contributed by atoms with Crippen LogP contribution in [0, 0.1) is 0 Å². The van der Waals surface area contributed by atoms with Crippen molar-refractivity contribution in [2.45, 2.75) is 0 Å². The summed E-state index contributed by atoms with van der Waals surface area (Å²) < 4.78 is 4.87. The van der Waals surface area contributed by atoms with Gasteiger partial charge < -0.3 is 13.9 Å². The van der Waals surface area contributed by atoms with Gasteiger partial charge in [0.05, 0.1) is 33.3 Å². The first-order chi connectivity index (χ1) is 31.3. The summed E-state index contributed by atoms with van der Waals surface area (Å²) in [6.45, 7) is 0. The SMILES string of the molecule is c1ccc(-c2cc(-c3ccccc3)cc(N(c3ccc(-c4ccc5c6ccccc6n(-c6ccccc6)c5c4)cc3)c3ccc4c5ccccc5n5c6ccccc6c3c45)c2)cc1. The van der Waals surface area contributed by atoms with E-state index in [1.54, 1.807) is 0 Å². The number of para-hydroxylation sites is 4. The summed E-state index contributed by atoms with van der Waals surface area (Å²) in [6.07, 6.45) is 0. The number of nitrogens with zero attached hydrogens (tertiary/aromatic N) is 3. The monoisotopic (exact) mass is 801 g/mol. The molecule has 0 N–H and O–H groups in total. The Labute approximate surface area is 364 Å². The molecule has 0 amide bonds. The molecule has 0 aliphatic carbocycles. The molecule has 3 nitrogen and oxygen atoms in total. The molecule has 0 spiro atoms. The molecule has 3 heteroatoms. The highest BCUT2D eigenvalue weighted by molar-refractivity contribution is 6.27. The first-order valence-electron chi connectivity index (χ1n) is 21.7. The van der Waals surface area contributed by atoms with Crippen molar-refractivity contribution >= 4 is 77.0 Å². The van der Waals surface area contributed by atoms with E-state index in [0.29, 0.717) is 0 Å². The molecule has 0 atom stereocenters. The van der Waals surface area contributed by atoms with E-state index in [1.807, 2.05) is 0 Å². The summed E-state index contributed by atoms with van der Waals surface area (Å²) in [7, 11) is 0. The van der Waals surface area contributed by atoms with Crippen molar-refractivity contribution in [3.63, 3.8) is 0 Å². The maximum absolute atomic E-state index is 2.48. The molecule has 0 aliphatic heterocycles. The van der Waals surface area contributed by atoms with Crippen molar-refractivity contribution in [3.05, 3.63) is 237 Å². The molecule has 3 heterocycles. The number of benzene rings is 10. The lowest BCUT2D eigenvalue weighted by molar-refractivity contribution is 1.18. The lowest BCUT2D eigenvalue weighted by atomic mass is 9.96. The van der Waals surface area contributed by atoms with Crippen molar-refractivity contribution in [2.75, 3.05) is 4.90 Å². The van der Waals surface area contributed by atoms with Gasteiger partial charge in [-0.2, -0.15) is 0 Å². The fraction of sp³-hybridized carbons (Fsp3) is 0. The predicted octanol–water partition coefficient (Wildman–Crippen LogP) is 16.4. The van der Waals surface area contributed by atoms with Crippen molar-refractivity contribution in [2.24, 2.45) is 0 Å². The molecule has 0 fully saturated rings. The van der Waals surface area contributed by atoms with Gasteiger partial charge in [0.2, 0.25) is 0 Å². The zero-order valence-electron chi connectivity index (χ0n) is 34.4. The van der Waals surface area contributed by atoms with Crippen LogP contribution in [-0.4, -0.2) is 8.97 Å². The largest absolute Gasteiger partial charge is 0.310 e. The summed E-state index contributed by atoms with van der Waals surface area (Å²) >= 11 is 0. The van der Waals surface area contributed by atoms with Gasteiger partial charge in [-0.15, -0.1) is 0 Å². The highest BCUT2D eigenvalue weighted by Crippen LogP contribution is 2.48. The Bertz CT molecular complexity index is 3770. The zero-order chi connectivity index (χ0) is 41.4. The Morgan fingerprint density at radius 3 is 1.44 bits per heavy atom. The molecular formula is C60H39N3. The first-order valence-corrected chi connectivity index (χ1v) is 21.7. The lowest BCUT2D eigenvalue weighted by Gasteiger charge is -2.28. The second-order valence-electron chi connectivity index (χ2n) is 16.5. The number of rotatable bonds is 7. The third-order valence-corrected chi connectivity index (χ3v) is 13.0. The van der Waals surface area contributed by atoms with Crippen LogP contribution in [0.15, 0.2) is 237 Å². The Morgan fingerprint density at radius 2 is 0.778 bits per heavy atom. The number of aromatic nitrogens is 2. The Kier molecular flexibility index (Phi) is 7.91. The molecule has 0 unspecified atom stereocenters. The molecule has 13 rings (SSSR count). The van der Waals surface area contributed by atoms with Gasteiger partial charge in [0.15, 0.2) is 0 Å². The maximum atomic E-state index is 2.48. The highest BCUT2D eigenvalue weighted by Gasteiger charge is 2.25. The lowest BCUT2D eigenvalue weighted by Crippen LogP contribution is -2.11. The molecule has 0 aliphatic rings. The summed E-state index contributed by atoms with van der Waals surface area (Å²) in [5.74, 6) is 0. The van der Waals surface area contributed by atoms with Gasteiger partial charge in [0.1, 0.15) is 0 Å². The summed E-state index contributed by atoms with van der Waals surface area (Å²) in [5.41, 5.74) is 17.6. The third-order valence-electron chi connectivity index (χ3n) is 13.0. The van der Waals surface area contributed by atoms with Crippen LogP contribution in [0.5, 0.6) is 0 Å². The summed E-state index contributed by atoms with van der Waals surface area (Å²) in [4.78, 5) is 2.48. The van der Waals surface area contributed by atoms with Crippen LogP contribution in [0.4, 0.5) is 17.1 Å². The third kappa shape index (κ3) is 5.53. The quantitative estimate of drug-likeness (QED) is 0.156.